The topological polar surface area (TPSA) is 93.5 Å². The first-order chi connectivity index (χ1) is 14.9. The highest BCUT2D eigenvalue weighted by Crippen LogP contribution is 2.20. The minimum absolute atomic E-state index is 0.306. The van der Waals surface area contributed by atoms with Crippen LogP contribution in [-0.2, 0) is 10.5 Å². The smallest absolute Gasteiger partial charge is 0.337 e. The van der Waals surface area contributed by atoms with Crippen molar-refractivity contribution in [3.05, 3.63) is 88.2 Å². The van der Waals surface area contributed by atoms with E-state index < -0.39 is 5.97 Å². The second-order valence-electron chi connectivity index (χ2n) is 6.73. The van der Waals surface area contributed by atoms with Crippen LogP contribution >= 0.6 is 11.8 Å². The summed E-state index contributed by atoms with van der Waals surface area (Å²) in [5.41, 5.74) is 7.16. The third kappa shape index (κ3) is 6.48. The molecule has 0 radical (unpaired) electrons. The molecule has 7 nitrogen and oxygen atoms in total. The highest BCUT2D eigenvalue weighted by Gasteiger charge is 2.06. The number of aromatic nitrogens is 2. The third-order valence-electron chi connectivity index (χ3n) is 4.26. The van der Waals surface area contributed by atoms with Crippen LogP contribution in [0.3, 0.4) is 0 Å². The van der Waals surface area contributed by atoms with Crippen molar-refractivity contribution in [1.29, 1.82) is 0 Å². The Morgan fingerprint density at radius 1 is 1.00 bits per heavy atom. The summed E-state index contributed by atoms with van der Waals surface area (Å²) in [6.45, 7) is 3.90. The minimum Gasteiger partial charge on any atom is -0.465 e. The molecule has 0 spiro atoms. The van der Waals surface area contributed by atoms with Gasteiger partial charge in [0.1, 0.15) is 0 Å². The molecular weight excluding hydrogens is 412 g/mol. The zero-order chi connectivity index (χ0) is 22.2. The van der Waals surface area contributed by atoms with Gasteiger partial charge in [-0.25, -0.2) is 20.2 Å². The number of aryl methyl sites for hydroxylation is 2. The van der Waals surface area contributed by atoms with Crippen molar-refractivity contribution < 1.29 is 14.3 Å². The Labute approximate surface area is 185 Å². The normalized spacial score (nSPS) is 10.8. The Bertz CT molecular complexity index is 1080. The molecule has 31 heavy (non-hydrogen) atoms. The summed E-state index contributed by atoms with van der Waals surface area (Å²) in [6, 6.07) is 16.0. The predicted molar refractivity (Wildman–Crippen MR) is 120 cm³/mol. The summed E-state index contributed by atoms with van der Waals surface area (Å²) in [5, 5.41) is 4.71. The number of amides is 1. The maximum absolute atomic E-state index is 12.3. The molecule has 0 bridgehead atoms. The van der Waals surface area contributed by atoms with E-state index in [4.69, 9.17) is 0 Å². The van der Waals surface area contributed by atoms with Gasteiger partial charge in [0.15, 0.2) is 5.16 Å². The van der Waals surface area contributed by atoms with Crippen molar-refractivity contribution >= 4 is 29.9 Å². The first-order valence-corrected chi connectivity index (χ1v) is 10.5. The molecule has 8 heteroatoms. The summed E-state index contributed by atoms with van der Waals surface area (Å²) in [7, 11) is 1.33. The minimum atomic E-state index is -0.403. The van der Waals surface area contributed by atoms with E-state index >= 15 is 0 Å². The first-order valence-electron chi connectivity index (χ1n) is 9.50. The number of hydrogen-bond acceptors (Lipinski definition) is 7. The molecule has 0 saturated carbocycles. The van der Waals surface area contributed by atoms with Crippen LogP contribution in [0.1, 0.15) is 43.2 Å². The molecule has 0 atom stereocenters. The molecule has 3 rings (SSSR count). The molecule has 0 fully saturated rings. The fraction of sp³-hybridized carbons (Fsp3) is 0.174. The number of methoxy groups -OCH3 is 1. The first kappa shape index (κ1) is 22.2. The quantitative estimate of drug-likeness (QED) is 0.199. The maximum atomic E-state index is 12.3. The van der Waals surface area contributed by atoms with Gasteiger partial charge in [-0.15, -0.1) is 0 Å². The van der Waals surface area contributed by atoms with Crippen LogP contribution in [0.15, 0.2) is 64.9 Å². The van der Waals surface area contributed by atoms with Gasteiger partial charge < -0.3 is 4.74 Å². The number of carbonyl (C=O) groups excluding carboxylic acids is 2. The third-order valence-corrected chi connectivity index (χ3v) is 5.18. The van der Waals surface area contributed by atoms with E-state index in [-0.39, 0.29) is 5.91 Å². The summed E-state index contributed by atoms with van der Waals surface area (Å²) < 4.78 is 4.66. The van der Waals surface area contributed by atoms with Gasteiger partial charge in [-0.2, -0.15) is 5.10 Å². The van der Waals surface area contributed by atoms with Crippen LogP contribution in [0.5, 0.6) is 0 Å². The van der Waals surface area contributed by atoms with Crippen molar-refractivity contribution in [2.75, 3.05) is 7.11 Å². The van der Waals surface area contributed by atoms with Crippen LogP contribution in [0, 0.1) is 13.8 Å². The lowest BCUT2D eigenvalue weighted by Gasteiger charge is -2.05. The lowest BCUT2D eigenvalue weighted by molar-refractivity contribution is 0.0600. The van der Waals surface area contributed by atoms with Crippen molar-refractivity contribution in [1.82, 2.24) is 15.4 Å². The summed E-state index contributed by atoms with van der Waals surface area (Å²) in [6.07, 6.45) is 1.51. The molecule has 1 N–H and O–H groups in total. The molecule has 0 saturated heterocycles. The zero-order valence-electron chi connectivity index (χ0n) is 17.5. The Morgan fingerprint density at radius 2 is 1.61 bits per heavy atom. The van der Waals surface area contributed by atoms with Crippen molar-refractivity contribution in [3.63, 3.8) is 0 Å². The van der Waals surface area contributed by atoms with Gasteiger partial charge in [-0.3, -0.25) is 4.79 Å². The number of esters is 1. The van der Waals surface area contributed by atoms with Crippen LogP contribution in [0.4, 0.5) is 0 Å². The van der Waals surface area contributed by atoms with E-state index in [1.165, 1.54) is 13.3 Å². The number of nitrogens with one attached hydrogen (secondary N) is 1. The second kappa shape index (κ2) is 10.5. The number of benzene rings is 2. The maximum Gasteiger partial charge on any atom is 0.337 e. The Hall–Kier alpha value is -3.52. The number of hydrazone groups is 1. The van der Waals surface area contributed by atoms with Crippen LogP contribution in [-0.4, -0.2) is 35.2 Å². The van der Waals surface area contributed by atoms with E-state index in [0.29, 0.717) is 16.9 Å². The number of hydrogen-bond donors (Lipinski definition) is 1. The molecule has 1 amide bonds. The van der Waals surface area contributed by atoms with Gasteiger partial charge in [-0.05, 0) is 55.3 Å². The molecule has 158 valence electrons. The average Bonchev–Trinajstić information content (AvgIpc) is 2.77. The summed E-state index contributed by atoms with van der Waals surface area (Å²) in [5.74, 6) is 0.00396. The van der Waals surface area contributed by atoms with E-state index in [1.54, 1.807) is 48.2 Å². The number of carbonyl (C=O) groups is 2. The number of nitrogens with zero attached hydrogens (tertiary/aromatic N) is 3. The Balaban J connectivity index is 1.52. The lowest BCUT2D eigenvalue weighted by atomic mass is 10.1. The number of thioether (sulfide) groups is 1. The van der Waals surface area contributed by atoms with Crippen LogP contribution in [0.25, 0.3) is 0 Å². The standard InChI is InChI=1S/C23H22N4O3S/c1-15-12-16(2)26-23(25-15)31-14-18-6-8-19(9-7-18)21(28)27-24-13-17-4-10-20(11-5-17)22(29)30-3/h4-13H,14H2,1-3H3,(H,27,28)/b24-13+. The fourth-order valence-corrected chi connectivity index (χ4v) is 3.62. The summed E-state index contributed by atoms with van der Waals surface area (Å²) >= 11 is 1.56. The van der Waals surface area contributed by atoms with Crippen molar-refractivity contribution in [2.45, 2.75) is 24.8 Å². The number of ether oxygens (including phenoxy) is 1. The van der Waals surface area contributed by atoms with E-state index in [1.807, 2.05) is 32.0 Å². The molecular formula is C23H22N4O3S. The molecule has 0 unspecified atom stereocenters. The van der Waals surface area contributed by atoms with Crippen molar-refractivity contribution in [2.24, 2.45) is 5.10 Å². The molecule has 0 aliphatic rings. The average molecular weight is 435 g/mol. The molecule has 2 aromatic carbocycles. The van der Waals surface area contributed by atoms with Crippen molar-refractivity contribution in [3.8, 4) is 0 Å². The SMILES string of the molecule is COC(=O)c1ccc(/C=N/NC(=O)c2ccc(CSc3nc(C)cc(C)n3)cc2)cc1. The largest absolute Gasteiger partial charge is 0.465 e. The fourth-order valence-electron chi connectivity index (χ4n) is 2.71. The summed E-state index contributed by atoms with van der Waals surface area (Å²) in [4.78, 5) is 32.5. The van der Waals surface area contributed by atoms with Gasteiger partial charge >= 0.3 is 5.97 Å². The van der Waals surface area contributed by atoms with Crippen LogP contribution in [0.2, 0.25) is 0 Å². The molecule has 3 aromatic rings. The molecule has 1 aromatic heterocycles. The van der Waals surface area contributed by atoms with Gasteiger partial charge in [0.2, 0.25) is 0 Å². The Kier molecular flexibility index (Phi) is 7.50. The molecule has 0 aliphatic heterocycles. The van der Waals surface area contributed by atoms with Crippen LogP contribution < -0.4 is 5.43 Å². The van der Waals surface area contributed by atoms with E-state index in [9.17, 15) is 9.59 Å². The van der Waals surface area contributed by atoms with Gasteiger partial charge in [0, 0.05) is 22.7 Å². The predicted octanol–water partition coefficient (Wildman–Crippen LogP) is 3.94. The number of rotatable bonds is 7. The lowest BCUT2D eigenvalue weighted by Crippen LogP contribution is -2.17. The van der Waals surface area contributed by atoms with E-state index in [0.717, 1.165) is 27.7 Å². The van der Waals surface area contributed by atoms with Gasteiger partial charge in [0.25, 0.3) is 5.91 Å². The monoisotopic (exact) mass is 434 g/mol. The van der Waals surface area contributed by atoms with Gasteiger partial charge in [-0.1, -0.05) is 36.0 Å². The van der Waals surface area contributed by atoms with Gasteiger partial charge in [0.05, 0.1) is 18.9 Å². The van der Waals surface area contributed by atoms with E-state index in [2.05, 4.69) is 25.2 Å². The molecule has 1 heterocycles. The highest BCUT2D eigenvalue weighted by atomic mass is 32.2. The zero-order valence-corrected chi connectivity index (χ0v) is 18.3. The molecule has 0 aliphatic carbocycles. The second-order valence-corrected chi connectivity index (χ2v) is 7.67. The Morgan fingerprint density at radius 3 is 2.23 bits per heavy atom. The highest BCUT2D eigenvalue weighted by molar-refractivity contribution is 7.98.